The van der Waals surface area contributed by atoms with Gasteiger partial charge in [-0.25, -0.2) is 13.1 Å². The van der Waals surface area contributed by atoms with Crippen molar-refractivity contribution < 1.29 is 8.42 Å². The van der Waals surface area contributed by atoms with Crippen molar-refractivity contribution in [2.45, 2.75) is 51.5 Å². The fourth-order valence-corrected chi connectivity index (χ4v) is 4.13. The van der Waals surface area contributed by atoms with E-state index in [-0.39, 0.29) is 5.41 Å². The van der Waals surface area contributed by atoms with Gasteiger partial charge in [0.2, 0.25) is 10.0 Å². The highest BCUT2D eigenvalue weighted by atomic mass is 32.2. The number of rotatable bonds is 7. The van der Waals surface area contributed by atoms with Crippen LogP contribution in [0.2, 0.25) is 0 Å². The highest BCUT2D eigenvalue weighted by Crippen LogP contribution is 2.48. The van der Waals surface area contributed by atoms with Crippen molar-refractivity contribution in [3.8, 4) is 0 Å². The second kappa shape index (κ2) is 6.07. The Labute approximate surface area is 128 Å². The summed E-state index contributed by atoms with van der Waals surface area (Å²) < 4.78 is 28.0. The standard InChI is InChI=1S/C16H26N2O2S/c1-5-16(6-7-16)11-18-21(19,20)15-9-14(10-17-4)12(2)8-13(15)3/h8-9,17-18H,5-7,10-11H2,1-4H3. The van der Waals surface area contributed by atoms with E-state index in [2.05, 4.69) is 17.0 Å². The number of hydrogen-bond donors (Lipinski definition) is 2. The lowest BCUT2D eigenvalue weighted by Crippen LogP contribution is -2.30. The van der Waals surface area contributed by atoms with E-state index in [1.165, 1.54) is 0 Å². The van der Waals surface area contributed by atoms with E-state index in [0.29, 0.717) is 18.0 Å². The molecule has 0 aromatic heterocycles. The summed E-state index contributed by atoms with van der Waals surface area (Å²) in [5.41, 5.74) is 3.16. The molecule has 118 valence electrons. The van der Waals surface area contributed by atoms with Crippen molar-refractivity contribution in [1.29, 1.82) is 0 Å². The first-order chi connectivity index (χ1) is 9.83. The molecule has 0 atom stereocenters. The fourth-order valence-electron chi connectivity index (χ4n) is 2.70. The number of benzene rings is 1. The molecule has 1 fully saturated rings. The molecule has 0 radical (unpaired) electrons. The van der Waals surface area contributed by atoms with Crippen LogP contribution in [0, 0.1) is 19.3 Å². The van der Waals surface area contributed by atoms with E-state index in [1.807, 2.05) is 27.0 Å². The summed E-state index contributed by atoms with van der Waals surface area (Å²) in [6.45, 7) is 7.23. The van der Waals surface area contributed by atoms with Crippen LogP contribution in [0.4, 0.5) is 0 Å². The number of hydrogen-bond acceptors (Lipinski definition) is 3. The molecule has 5 heteroatoms. The van der Waals surface area contributed by atoms with Crippen molar-refractivity contribution in [2.75, 3.05) is 13.6 Å². The van der Waals surface area contributed by atoms with Gasteiger partial charge in [-0.05, 0) is 68.3 Å². The van der Waals surface area contributed by atoms with E-state index in [9.17, 15) is 8.42 Å². The molecular weight excluding hydrogens is 284 g/mol. The molecule has 1 aliphatic rings. The molecule has 1 aliphatic carbocycles. The minimum atomic E-state index is -3.43. The van der Waals surface area contributed by atoms with Gasteiger partial charge in [0, 0.05) is 13.1 Å². The molecule has 1 aromatic rings. The third kappa shape index (κ3) is 3.65. The summed E-state index contributed by atoms with van der Waals surface area (Å²) in [5.74, 6) is 0. The molecule has 2 N–H and O–H groups in total. The van der Waals surface area contributed by atoms with Gasteiger partial charge in [0.1, 0.15) is 0 Å². The smallest absolute Gasteiger partial charge is 0.240 e. The first-order valence-electron chi connectivity index (χ1n) is 7.58. The lowest BCUT2D eigenvalue weighted by molar-refractivity contribution is 0.475. The Morgan fingerprint density at radius 3 is 2.38 bits per heavy atom. The van der Waals surface area contributed by atoms with Gasteiger partial charge in [-0.1, -0.05) is 13.0 Å². The van der Waals surface area contributed by atoms with Gasteiger partial charge < -0.3 is 5.32 Å². The first kappa shape index (κ1) is 16.5. The fraction of sp³-hybridized carbons (Fsp3) is 0.625. The lowest BCUT2D eigenvalue weighted by atomic mass is 10.1. The summed E-state index contributed by atoms with van der Waals surface area (Å²) in [4.78, 5) is 0.408. The Morgan fingerprint density at radius 2 is 1.86 bits per heavy atom. The van der Waals surface area contributed by atoms with Crippen LogP contribution in [0.1, 0.15) is 42.9 Å². The first-order valence-corrected chi connectivity index (χ1v) is 9.06. The predicted octanol–water partition coefficient (Wildman–Crippen LogP) is 2.49. The van der Waals surface area contributed by atoms with Crippen LogP contribution in [-0.4, -0.2) is 22.0 Å². The number of nitrogens with one attached hydrogen (secondary N) is 2. The molecule has 0 amide bonds. The normalized spacial score (nSPS) is 17.0. The average molecular weight is 310 g/mol. The summed E-state index contributed by atoms with van der Waals surface area (Å²) in [5, 5.41) is 3.08. The van der Waals surface area contributed by atoms with Gasteiger partial charge in [-0.15, -0.1) is 0 Å². The minimum Gasteiger partial charge on any atom is -0.316 e. The maximum absolute atomic E-state index is 12.6. The van der Waals surface area contributed by atoms with E-state index < -0.39 is 10.0 Å². The van der Waals surface area contributed by atoms with Gasteiger partial charge in [-0.3, -0.25) is 0 Å². The van der Waals surface area contributed by atoms with Crippen LogP contribution in [-0.2, 0) is 16.6 Å². The molecule has 0 unspecified atom stereocenters. The van der Waals surface area contributed by atoms with Crippen LogP contribution in [0.15, 0.2) is 17.0 Å². The van der Waals surface area contributed by atoms with E-state index in [1.54, 1.807) is 6.07 Å². The third-order valence-electron chi connectivity index (χ3n) is 4.63. The zero-order chi connectivity index (χ0) is 15.7. The minimum absolute atomic E-state index is 0.208. The molecule has 4 nitrogen and oxygen atoms in total. The Bertz CT molecular complexity index is 619. The third-order valence-corrected chi connectivity index (χ3v) is 6.18. The molecule has 2 rings (SSSR count). The van der Waals surface area contributed by atoms with Gasteiger partial charge in [0.05, 0.1) is 4.90 Å². The summed E-state index contributed by atoms with van der Waals surface area (Å²) >= 11 is 0. The highest BCUT2D eigenvalue weighted by molar-refractivity contribution is 7.89. The molecule has 0 saturated heterocycles. The van der Waals surface area contributed by atoms with Gasteiger partial charge in [0.25, 0.3) is 0 Å². The quantitative estimate of drug-likeness (QED) is 0.813. The number of aryl methyl sites for hydroxylation is 2. The van der Waals surface area contributed by atoms with Crippen molar-refractivity contribution >= 4 is 10.0 Å². The van der Waals surface area contributed by atoms with E-state index in [4.69, 9.17) is 0 Å². The van der Waals surface area contributed by atoms with Crippen LogP contribution in [0.5, 0.6) is 0 Å². The SMILES string of the molecule is CCC1(CNS(=O)(=O)c2cc(CNC)c(C)cc2C)CC1. The van der Waals surface area contributed by atoms with Crippen molar-refractivity contribution in [2.24, 2.45) is 5.41 Å². The Balaban J connectivity index is 2.24. The lowest BCUT2D eigenvalue weighted by Gasteiger charge is -2.16. The van der Waals surface area contributed by atoms with Crippen molar-refractivity contribution in [3.63, 3.8) is 0 Å². The molecule has 0 aliphatic heterocycles. The van der Waals surface area contributed by atoms with Crippen LogP contribution in [0.3, 0.4) is 0 Å². The zero-order valence-electron chi connectivity index (χ0n) is 13.4. The molecule has 0 heterocycles. The number of sulfonamides is 1. The van der Waals surface area contributed by atoms with Gasteiger partial charge in [0.15, 0.2) is 0 Å². The van der Waals surface area contributed by atoms with E-state index in [0.717, 1.165) is 36.0 Å². The Hall–Kier alpha value is -0.910. The van der Waals surface area contributed by atoms with Gasteiger partial charge >= 0.3 is 0 Å². The van der Waals surface area contributed by atoms with Gasteiger partial charge in [-0.2, -0.15) is 0 Å². The Morgan fingerprint density at radius 1 is 1.19 bits per heavy atom. The summed E-state index contributed by atoms with van der Waals surface area (Å²) in [6.07, 6.45) is 3.29. The topological polar surface area (TPSA) is 58.2 Å². The van der Waals surface area contributed by atoms with Crippen LogP contribution >= 0.6 is 0 Å². The molecule has 0 spiro atoms. The Kier molecular flexibility index (Phi) is 4.76. The van der Waals surface area contributed by atoms with Crippen LogP contribution < -0.4 is 10.0 Å². The monoisotopic (exact) mass is 310 g/mol. The highest BCUT2D eigenvalue weighted by Gasteiger charge is 2.41. The zero-order valence-corrected chi connectivity index (χ0v) is 14.2. The molecule has 1 saturated carbocycles. The van der Waals surface area contributed by atoms with Crippen molar-refractivity contribution in [1.82, 2.24) is 10.0 Å². The molecular formula is C16H26N2O2S. The molecule has 1 aromatic carbocycles. The second-order valence-electron chi connectivity index (χ2n) is 6.25. The summed E-state index contributed by atoms with van der Waals surface area (Å²) in [6, 6.07) is 3.75. The van der Waals surface area contributed by atoms with Crippen LogP contribution in [0.25, 0.3) is 0 Å². The predicted molar refractivity (Wildman–Crippen MR) is 85.8 cm³/mol. The van der Waals surface area contributed by atoms with Crippen molar-refractivity contribution in [3.05, 3.63) is 28.8 Å². The maximum atomic E-state index is 12.6. The molecule has 21 heavy (non-hydrogen) atoms. The maximum Gasteiger partial charge on any atom is 0.240 e. The van der Waals surface area contributed by atoms with E-state index >= 15 is 0 Å². The summed E-state index contributed by atoms with van der Waals surface area (Å²) in [7, 11) is -1.56. The molecule has 0 bridgehead atoms. The second-order valence-corrected chi connectivity index (χ2v) is 7.99. The average Bonchev–Trinajstić information content (AvgIpc) is 3.20. The largest absolute Gasteiger partial charge is 0.316 e.